The number of amides is 1. The summed E-state index contributed by atoms with van der Waals surface area (Å²) in [6.07, 6.45) is -6.27. The zero-order valence-corrected chi connectivity index (χ0v) is 11.6. The number of hydrogen-bond donors (Lipinski definition) is 3. The van der Waals surface area contributed by atoms with E-state index in [0.717, 1.165) is 6.07 Å². The Morgan fingerprint density at radius 1 is 1.29 bits per heavy atom. The van der Waals surface area contributed by atoms with Crippen LogP contribution in [0.4, 0.5) is 18.9 Å². The summed E-state index contributed by atoms with van der Waals surface area (Å²) in [6, 6.07) is 4.90. The van der Waals surface area contributed by atoms with Gasteiger partial charge in [-0.25, -0.2) is 13.1 Å². The zero-order chi connectivity index (χ0) is 16.1. The lowest BCUT2D eigenvalue weighted by Crippen LogP contribution is -2.29. The van der Waals surface area contributed by atoms with Gasteiger partial charge in [-0.2, -0.15) is 13.2 Å². The van der Waals surface area contributed by atoms with Crippen LogP contribution in [0, 0.1) is 0 Å². The average Bonchev–Trinajstić information content (AvgIpc) is 2.34. The predicted molar refractivity (Wildman–Crippen MR) is 70.0 cm³/mol. The van der Waals surface area contributed by atoms with Gasteiger partial charge >= 0.3 is 6.18 Å². The molecule has 0 radical (unpaired) electrons. The minimum Gasteiger partial charge on any atom is -0.329 e. The first-order chi connectivity index (χ1) is 9.64. The molecule has 0 aliphatic rings. The molecule has 1 aromatic carbocycles. The van der Waals surface area contributed by atoms with Crippen molar-refractivity contribution in [2.45, 2.75) is 17.5 Å². The first-order valence-corrected chi connectivity index (χ1v) is 7.29. The van der Waals surface area contributed by atoms with Crippen LogP contribution in [-0.4, -0.2) is 33.6 Å². The maximum atomic E-state index is 12.0. The Kier molecular flexibility index (Phi) is 5.70. The summed E-state index contributed by atoms with van der Waals surface area (Å²) in [4.78, 5) is 11.0. The number of nitrogens with one attached hydrogen (secondary N) is 2. The van der Waals surface area contributed by atoms with E-state index in [1.54, 1.807) is 0 Å². The van der Waals surface area contributed by atoms with Crippen LogP contribution in [0.25, 0.3) is 0 Å². The van der Waals surface area contributed by atoms with Gasteiger partial charge in [0.25, 0.3) is 0 Å². The third-order valence-electron chi connectivity index (χ3n) is 2.23. The number of carbonyl (C=O) groups is 1. The highest BCUT2D eigenvalue weighted by molar-refractivity contribution is 7.89. The fourth-order valence-corrected chi connectivity index (χ4v) is 2.50. The van der Waals surface area contributed by atoms with Crippen molar-refractivity contribution in [3.8, 4) is 0 Å². The summed E-state index contributed by atoms with van der Waals surface area (Å²) in [5, 5.41) is 1.99. The fourth-order valence-electron chi connectivity index (χ4n) is 1.40. The number of sulfonamides is 1. The molecule has 0 atom stereocenters. The molecule has 0 unspecified atom stereocenters. The Labute approximate surface area is 119 Å². The van der Waals surface area contributed by atoms with Crippen molar-refractivity contribution in [1.29, 1.82) is 0 Å². The molecule has 1 rings (SSSR count). The van der Waals surface area contributed by atoms with Crippen molar-refractivity contribution in [3.63, 3.8) is 0 Å². The number of carbonyl (C=O) groups excluding carboxylic acids is 1. The topological polar surface area (TPSA) is 101 Å². The molecule has 0 aliphatic heterocycles. The van der Waals surface area contributed by atoms with Crippen LogP contribution >= 0.6 is 0 Å². The number of nitrogens with two attached hydrogens (primary N) is 1. The molecule has 0 aromatic heterocycles. The summed E-state index contributed by atoms with van der Waals surface area (Å²) in [5.74, 6) is -1.27. The van der Waals surface area contributed by atoms with Gasteiger partial charge in [0.05, 0.1) is 4.90 Å². The van der Waals surface area contributed by atoms with Gasteiger partial charge in [0, 0.05) is 18.8 Å². The van der Waals surface area contributed by atoms with Crippen LogP contribution in [0.3, 0.4) is 0 Å². The second kappa shape index (κ2) is 6.87. The van der Waals surface area contributed by atoms with Gasteiger partial charge in [-0.3, -0.25) is 4.79 Å². The largest absolute Gasteiger partial charge is 0.397 e. The van der Waals surface area contributed by atoms with Crippen LogP contribution in [0.2, 0.25) is 0 Å². The average molecular weight is 325 g/mol. The molecule has 4 N–H and O–H groups in total. The highest BCUT2D eigenvalue weighted by Crippen LogP contribution is 2.21. The number of rotatable bonds is 6. The van der Waals surface area contributed by atoms with Crippen molar-refractivity contribution < 1.29 is 26.4 Å². The SMILES string of the molecule is NCCNS(=O)(=O)c1cccc(NC(=O)CC(F)(F)F)c1. The Bertz CT molecular complexity index is 602. The summed E-state index contributed by atoms with van der Waals surface area (Å²) < 4.78 is 61.9. The summed E-state index contributed by atoms with van der Waals surface area (Å²) in [6.45, 7) is 0.119. The molecule has 1 aromatic rings. The molecule has 0 fully saturated rings. The molecule has 0 aliphatic carbocycles. The molecule has 0 bridgehead atoms. The van der Waals surface area contributed by atoms with Crippen molar-refractivity contribution in [2.24, 2.45) is 5.73 Å². The molecule has 1 amide bonds. The smallest absolute Gasteiger partial charge is 0.329 e. The lowest BCUT2D eigenvalue weighted by molar-refractivity contribution is -0.150. The minimum atomic E-state index is -4.63. The lowest BCUT2D eigenvalue weighted by atomic mass is 10.3. The molecular weight excluding hydrogens is 311 g/mol. The van der Waals surface area contributed by atoms with Crippen molar-refractivity contribution in [2.75, 3.05) is 18.4 Å². The maximum absolute atomic E-state index is 12.0. The van der Waals surface area contributed by atoms with E-state index in [4.69, 9.17) is 5.73 Å². The monoisotopic (exact) mass is 325 g/mol. The van der Waals surface area contributed by atoms with Crippen LogP contribution in [0.1, 0.15) is 6.42 Å². The Balaban J connectivity index is 2.84. The third-order valence-corrected chi connectivity index (χ3v) is 3.68. The summed E-state index contributed by atoms with van der Waals surface area (Å²) >= 11 is 0. The second-order valence-electron chi connectivity index (χ2n) is 4.05. The second-order valence-corrected chi connectivity index (χ2v) is 5.82. The van der Waals surface area contributed by atoms with Gasteiger partial charge in [0.2, 0.25) is 15.9 Å². The quantitative estimate of drug-likeness (QED) is 0.720. The predicted octanol–water partition coefficient (Wildman–Crippen LogP) is 0.814. The van der Waals surface area contributed by atoms with E-state index in [0.29, 0.717) is 0 Å². The van der Waals surface area contributed by atoms with E-state index in [1.807, 2.05) is 5.32 Å². The number of halogens is 3. The van der Waals surface area contributed by atoms with Gasteiger partial charge in [0.15, 0.2) is 0 Å². The highest BCUT2D eigenvalue weighted by Gasteiger charge is 2.31. The van der Waals surface area contributed by atoms with Crippen LogP contribution < -0.4 is 15.8 Å². The minimum absolute atomic E-state index is 0.0208. The number of hydrogen-bond acceptors (Lipinski definition) is 4. The van der Waals surface area contributed by atoms with Crippen LogP contribution in [-0.2, 0) is 14.8 Å². The van der Waals surface area contributed by atoms with E-state index in [2.05, 4.69) is 4.72 Å². The molecule has 6 nitrogen and oxygen atoms in total. The van der Waals surface area contributed by atoms with Gasteiger partial charge < -0.3 is 11.1 Å². The van der Waals surface area contributed by atoms with Crippen molar-refractivity contribution in [3.05, 3.63) is 24.3 Å². The Morgan fingerprint density at radius 2 is 1.95 bits per heavy atom. The molecule has 0 saturated heterocycles. The summed E-state index contributed by atoms with van der Waals surface area (Å²) in [7, 11) is -3.82. The molecular formula is C11H14F3N3O3S. The highest BCUT2D eigenvalue weighted by atomic mass is 32.2. The zero-order valence-electron chi connectivity index (χ0n) is 10.8. The van der Waals surface area contributed by atoms with E-state index < -0.39 is 28.5 Å². The van der Waals surface area contributed by atoms with E-state index in [1.165, 1.54) is 18.2 Å². The number of anilines is 1. The van der Waals surface area contributed by atoms with Gasteiger partial charge in [-0.05, 0) is 18.2 Å². The fraction of sp³-hybridized carbons (Fsp3) is 0.364. The van der Waals surface area contributed by atoms with Gasteiger partial charge in [0.1, 0.15) is 6.42 Å². The van der Waals surface area contributed by atoms with E-state index in [9.17, 15) is 26.4 Å². The molecule has 0 heterocycles. The molecule has 0 spiro atoms. The molecule has 10 heteroatoms. The molecule has 21 heavy (non-hydrogen) atoms. The first kappa shape index (κ1) is 17.4. The van der Waals surface area contributed by atoms with Gasteiger partial charge in [-0.1, -0.05) is 6.07 Å². The molecule has 0 saturated carbocycles. The van der Waals surface area contributed by atoms with Gasteiger partial charge in [-0.15, -0.1) is 0 Å². The maximum Gasteiger partial charge on any atom is 0.397 e. The number of benzene rings is 1. The molecule has 118 valence electrons. The van der Waals surface area contributed by atoms with E-state index in [-0.39, 0.29) is 23.7 Å². The van der Waals surface area contributed by atoms with Crippen molar-refractivity contribution in [1.82, 2.24) is 4.72 Å². The normalized spacial score (nSPS) is 12.2. The lowest BCUT2D eigenvalue weighted by Gasteiger charge is -2.10. The number of alkyl halides is 3. The Hall–Kier alpha value is -1.65. The van der Waals surface area contributed by atoms with Crippen LogP contribution in [0.5, 0.6) is 0 Å². The van der Waals surface area contributed by atoms with E-state index >= 15 is 0 Å². The Morgan fingerprint density at radius 3 is 2.52 bits per heavy atom. The standard InChI is InChI=1S/C11H14F3N3O3S/c12-11(13,14)7-10(18)17-8-2-1-3-9(6-8)21(19,20)16-5-4-15/h1-3,6,16H,4-5,7,15H2,(H,17,18). The first-order valence-electron chi connectivity index (χ1n) is 5.80. The van der Waals surface area contributed by atoms with Crippen LogP contribution in [0.15, 0.2) is 29.2 Å². The third kappa shape index (κ3) is 6.10. The van der Waals surface area contributed by atoms with Crippen molar-refractivity contribution >= 4 is 21.6 Å². The summed E-state index contributed by atoms with van der Waals surface area (Å²) in [5.41, 5.74) is 5.14.